The first-order valence-electron chi connectivity index (χ1n) is 4.15. The molecule has 0 spiro atoms. The number of hydrogen-bond acceptors (Lipinski definition) is 1. The van der Waals surface area contributed by atoms with Crippen molar-refractivity contribution in [3.05, 3.63) is 42.0 Å². The number of rotatable bonds is 2. The maximum Gasteiger partial charge on any atom is 0.128 e. The van der Waals surface area contributed by atoms with Gasteiger partial charge in [-0.05, 0) is 11.6 Å². The normalized spacial score (nSPS) is 10.4. The molecule has 72 valence electrons. The summed E-state index contributed by atoms with van der Waals surface area (Å²) in [4.78, 5) is 0. The number of nitrogens with zero attached hydrogens (tertiary/aromatic N) is 1. The molecule has 0 aliphatic heterocycles. The molecule has 0 fully saturated rings. The fourth-order valence-electron chi connectivity index (χ4n) is 1.24. The van der Waals surface area contributed by atoms with E-state index in [2.05, 4.69) is 10.2 Å². The predicted molar refractivity (Wildman–Crippen MR) is 53.5 cm³/mol. The fraction of sp³-hybridized carbons (Fsp3) is 0.100. The van der Waals surface area contributed by atoms with Crippen LogP contribution in [-0.2, 0) is 5.88 Å². The zero-order valence-corrected chi connectivity index (χ0v) is 8.05. The van der Waals surface area contributed by atoms with Crippen molar-refractivity contribution in [1.29, 1.82) is 0 Å². The maximum atomic E-state index is 13.3. The number of alkyl halides is 1. The predicted octanol–water partition coefficient (Wildman–Crippen LogP) is 2.95. The van der Waals surface area contributed by atoms with Crippen LogP contribution in [0, 0.1) is 5.82 Å². The van der Waals surface area contributed by atoms with Crippen LogP contribution in [0.2, 0.25) is 0 Å². The molecule has 0 atom stereocenters. The van der Waals surface area contributed by atoms with Gasteiger partial charge in [0.1, 0.15) is 5.82 Å². The third-order valence-corrected chi connectivity index (χ3v) is 2.32. The highest BCUT2D eigenvalue weighted by Gasteiger charge is 2.04. The number of hydrogen-bond donors (Lipinski definition) is 1. The topological polar surface area (TPSA) is 28.7 Å². The van der Waals surface area contributed by atoms with Crippen molar-refractivity contribution in [3.8, 4) is 11.1 Å². The summed E-state index contributed by atoms with van der Waals surface area (Å²) in [6.07, 6.45) is 3.37. The largest absolute Gasteiger partial charge is 0.285 e. The molecule has 0 aliphatic rings. The summed E-state index contributed by atoms with van der Waals surface area (Å²) >= 11 is 5.55. The summed E-state index contributed by atoms with van der Waals surface area (Å²) in [7, 11) is 0. The number of aromatic amines is 1. The third kappa shape index (κ3) is 1.63. The van der Waals surface area contributed by atoms with E-state index in [-0.39, 0.29) is 11.7 Å². The van der Waals surface area contributed by atoms with Crippen LogP contribution in [-0.4, -0.2) is 10.2 Å². The van der Waals surface area contributed by atoms with Gasteiger partial charge in [0.2, 0.25) is 0 Å². The van der Waals surface area contributed by atoms with Crippen LogP contribution in [0.15, 0.2) is 30.6 Å². The Morgan fingerprint density at radius 3 is 2.79 bits per heavy atom. The van der Waals surface area contributed by atoms with E-state index in [0.717, 1.165) is 11.1 Å². The van der Waals surface area contributed by atoms with Gasteiger partial charge in [0.05, 0.1) is 12.1 Å². The zero-order chi connectivity index (χ0) is 9.97. The summed E-state index contributed by atoms with van der Waals surface area (Å²) in [6, 6.07) is 4.97. The summed E-state index contributed by atoms with van der Waals surface area (Å²) in [5.74, 6) is -0.0870. The van der Waals surface area contributed by atoms with Crippen molar-refractivity contribution in [2.45, 2.75) is 5.88 Å². The van der Waals surface area contributed by atoms with E-state index < -0.39 is 0 Å². The highest BCUT2D eigenvalue weighted by Crippen LogP contribution is 2.21. The molecule has 0 radical (unpaired) electrons. The zero-order valence-electron chi connectivity index (χ0n) is 7.30. The standard InChI is InChI=1S/C10H8ClFN2/c11-4-8-2-1-7(3-10(8)12)9-5-13-14-6-9/h1-3,5-6H,4H2,(H,13,14). The van der Waals surface area contributed by atoms with Crippen molar-refractivity contribution in [3.63, 3.8) is 0 Å². The Kier molecular flexibility index (Phi) is 2.50. The summed E-state index contributed by atoms with van der Waals surface area (Å²) < 4.78 is 13.3. The molecular formula is C10H8ClFN2. The molecular weight excluding hydrogens is 203 g/mol. The molecule has 0 amide bonds. The van der Waals surface area contributed by atoms with Gasteiger partial charge in [0.15, 0.2) is 0 Å². The molecule has 0 bridgehead atoms. The van der Waals surface area contributed by atoms with E-state index in [1.165, 1.54) is 6.07 Å². The van der Waals surface area contributed by atoms with Gasteiger partial charge in [0, 0.05) is 17.3 Å². The van der Waals surface area contributed by atoms with E-state index in [0.29, 0.717) is 5.56 Å². The summed E-state index contributed by atoms with van der Waals surface area (Å²) in [5.41, 5.74) is 2.18. The average molecular weight is 211 g/mol. The number of nitrogens with one attached hydrogen (secondary N) is 1. The van der Waals surface area contributed by atoms with Crippen molar-refractivity contribution < 1.29 is 4.39 Å². The van der Waals surface area contributed by atoms with Gasteiger partial charge >= 0.3 is 0 Å². The number of halogens is 2. The first kappa shape index (κ1) is 9.21. The summed E-state index contributed by atoms with van der Waals surface area (Å²) in [5, 5.41) is 6.48. The van der Waals surface area contributed by atoms with Gasteiger partial charge in [-0.1, -0.05) is 12.1 Å². The van der Waals surface area contributed by atoms with Gasteiger partial charge in [0.25, 0.3) is 0 Å². The minimum absolute atomic E-state index is 0.192. The van der Waals surface area contributed by atoms with E-state index in [9.17, 15) is 4.39 Å². The van der Waals surface area contributed by atoms with Crippen LogP contribution >= 0.6 is 11.6 Å². The van der Waals surface area contributed by atoms with Crippen LogP contribution in [0.1, 0.15) is 5.56 Å². The smallest absolute Gasteiger partial charge is 0.128 e. The van der Waals surface area contributed by atoms with Crippen LogP contribution < -0.4 is 0 Å². The Morgan fingerprint density at radius 2 is 2.21 bits per heavy atom. The number of aromatic nitrogens is 2. The van der Waals surface area contributed by atoms with Crippen LogP contribution in [0.25, 0.3) is 11.1 Å². The minimum Gasteiger partial charge on any atom is -0.285 e. The second-order valence-corrected chi connectivity index (χ2v) is 3.19. The number of benzene rings is 1. The SMILES string of the molecule is Fc1cc(-c2cn[nH]c2)ccc1CCl. The molecule has 4 heteroatoms. The molecule has 0 saturated heterocycles. The van der Waals surface area contributed by atoms with E-state index in [4.69, 9.17) is 11.6 Å². The van der Waals surface area contributed by atoms with Gasteiger partial charge in [-0.15, -0.1) is 11.6 Å². The lowest BCUT2D eigenvalue weighted by molar-refractivity contribution is 0.617. The molecule has 1 N–H and O–H groups in total. The fourth-order valence-corrected chi connectivity index (χ4v) is 1.46. The van der Waals surface area contributed by atoms with Gasteiger partial charge in [-0.2, -0.15) is 5.10 Å². The van der Waals surface area contributed by atoms with E-state index >= 15 is 0 Å². The van der Waals surface area contributed by atoms with E-state index in [1.807, 2.05) is 6.07 Å². The Bertz CT molecular complexity index is 426. The molecule has 0 saturated carbocycles. The van der Waals surface area contributed by atoms with Crippen LogP contribution in [0.5, 0.6) is 0 Å². The monoisotopic (exact) mass is 210 g/mol. The van der Waals surface area contributed by atoms with Gasteiger partial charge in [-0.25, -0.2) is 4.39 Å². The quantitative estimate of drug-likeness (QED) is 0.759. The molecule has 0 unspecified atom stereocenters. The van der Waals surface area contributed by atoms with Gasteiger partial charge in [-0.3, -0.25) is 5.10 Å². The van der Waals surface area contributed by atoms with Crippen molar-refractivity contribution in [2.75, 3.05) is 0 Å². The molecule has 1 aromatic heterocycles. The Hall–Kier alpha value is -1.35. The molecule has 1 heterocycles. The second-order valence-electron chi connectivity index (χ2n) is 2.93. The highest BCUT2D eigenvalue weighted by atomic mass is 35.5. The van der Waals surface area contributed by atoms with Crippen LogP contribution in [0.4, 0.5) is 4.39 Å². The average Bonchev–Trinajstić information content (AvgIpc) is 2.70. The molecule has 14 heavy (non-hydrogen) atoms. The van der Waals surface area contributed by atoms with E-state index in [1.54, 1.807) is 18.5 Å². The maximum absolute atomic E-state index is 13.3. The molecule has 1 aromatic carbocycles. The molecule has 0 aliphatic carbocycles. The lowest BCUT2D eigenvalue weighted by Crippen LogP contribution is -1.86. The summed E-state index contributed by atoms with van der Waals surface area (Å²) in [6.45, 7) is 0. The second kappa shape index (κ2) is 3.80. The van der Waals surface area contributed by atoms with Crippen molar-refractivity contribution in [2.24, 2.45) is 0 Å². The highest BCUT2D eigenvalue weighted by molar-refractivity contribution is 6.17. The molecule has 2 nitrogen and oxygen atoms in total. The first-order valence-corrected chi connectivity index (χ1v) is 4.68. The molecule has 2 rings (SSSR count). The van der Waals surface area contributed by atoms with Crippen molar-refractivity contribution >= 4 is 11.6 Å². The molecule has 2 aromatic rings. The van der Waals surface area contributed by atoms with Gasteiger partial charge < -0.3 is 0 Å². The minimum atomic E-state index is -0.279. The lowest BCUT2D eigenvalue weighted by Gasteiger charge is -2.01. The van der Waals surface area contributed by atoms with Crippen molar-refractivity contribution in [1.82, 2.24) is 10.2 Å². The lowest BCUT2D eigenvalue weighted by atomic mass is 10.1. The first-order chi connectivity index (χ1) is 6.81. The Labute approximate surface area is 85.7 Å². The van der Waals surface area contributed by atoms with Crippen LogP contribution in [0.3, 0.4) is 0 Å². The number of H-pyrrole nitrogens is 1. The Balaban J connectivity index is 2.43. The Morgan fingerprint density at radius 1 is 1.36 bits per heavy atom. The third-order valence-electron chi connectivity index (χ3n) is 2.03.